The number of urea groups is 1. The number of sulfonamides is 1. The number of halogens is 3. The van der Waals surface area contributed by atoms with Gasteiger partial charge >= 0.3 is 12.2 Å². The summed E-state index contributed by atoms with van der Waals surface area (Å²) >= 11 is 0. The van der Waals surface area contributed by atoms with Gasteiger partial charge in [-0.15, -0.1) is 0 Å². The lowest BCUT2D eigenvalue weighted by Gasteiger charge is -2.34. The SMILES string of the molecule is O=C1C2C3CC(CN3S(=O)(=O)CC(F)(F)F)N2C(=O)N1c1ccc([N+](=O)[O-])c2ccccc12. The molecule has 2 aromatic rings. The molecular weight excluding hydrogens is 469 g/mol. The topological polar surface area (TPSA) is 121 Å². The second kappa shape index (κ2) is 6.87. The van der Waals surface area contributed by atoms with Crippen LogP contribution in [0.15, 0.2) is 36.4 Å². The standard InChI is InChI=1S/C19H15F3N4O6S/c20-19(21,22)9-33(31,32)23-8-10-7-15(23)16-17(27)25(18(28)24(10)16)13-5-6-14(26(29)30)12-4-2-1-3-11(12)13/h1-6,10,15-16H,7-9H2. The van der Waals surface area contributed by atoms with Crippen molar-refractivity contribution in [3.63, 3.8) is 0 Å². The normalized spacial score (nSPS) is 25.4. The van der Waals surface area contributed by atoms with E-state index in [1.54, 1.807) is 12.1 Å². The number of imide groups is 1. The summed E-state index contributed by atoms with van der Waals surface area (Å²) < 4.78 is 63.7. The molecule has 3 aliphatic rings. The van der Waals surface area contributed by atoms with E-state index in [0.717, 1.165) is 11.0 Å². The Balaban J connectivity index is 1.54. The van der Waals surface area contributed by atoms with Crippen LogP contribution in [-0.4, -0.2) is 71.1 Å². The van der Waals surface area contributed by atoms with Gasteiger partial charge in [0, 0.05) is 24.0 Å². The Bertz CT molecular complexity index is 1330. The summed E-state index contributed by atoms with van der Waals surface area (Å²) in [4.78, 5) is 39.3. The second-order valence-corrected chi connectivity index (χ2v) is 10.0. The molecule has 3 atom stereocenters. The van der Waals surface area contributed by atoms with Crippen LogP contribution < -0.4 is 4.90 Å². The van der Waals surface area contributed by atoms with Crippen molar-refractivity contribution in [2.45, 2.75) is 30.7 Å². The van der Waals surface area contributed by atoms with E-state index in [-0.39, 0.29) is 35.1 Å². The van der Waals surface area contributed by atoms with E-state index in [0.29, 0.717) is 4.31 Å². The minimum atomic E-state index is -4.94. The number of rotatable bonds is 4. The Hall–Kier alpha value is -3.26. The highest BCUT2D eigenvalue weighted by Gasteiger charge is 2.64. The molecule has 3 fully saturated rings. The van der Waals surface area contributed by atoms with Gasteiger partial charge in [-0.1, -0.05) is 18.2 Å². The number of benzene rings is 2. The molecule has 0 spiro atoms. The summed E-state index contributed by atoms with van der Waals surface area (Å²) in [5.74, 6) is -2.83. The third-order valence-electron chi connectivity index (χ3n) is 6.24. The fourth-order valence-electron chi connectivity index (χ4n) is 5.07. The van der Waals surface area contributed by atoms with Gasteiger partial charge < -0.3 is 4.90 Å². The van der Waals surface area contributed by atoms with Crippen LogP contribution in [-0.2, 0) is 14.8 Å². The maximum Gasteiger partial charge on any atom is 0.404 e. The lowest BCUT2D eigenvalue weighted by Crippen LogP contribution is -2.55. The average molecular weight is 484 g/mol. The number of nitro benzene ring substituents is 1. The van der Waals surface area contributed by atoms with Gasteiger partial charge in [0.15, 0.2) is 5.75 Å². The summed E-state index contributed by atoms with van der Waals surface area (Å²) in [6, 6.07) is 4.72. The predicted octanol–water partition coefficient (Wildman–Crippen LogP) is 2.23. The summed E-state index contributed by atoms with van der Waals surface area (Å²) in [6.07, 6.45) is -4.88. The minimum absolute atomic E-state index is 0.0636. The molecule has 3 saturated heterocycles. The van der Waals surface area contributed by atoms with Crippen molar-refractivity contribution < 1.29 is 36.1 Å². The smallest absolute Gasteiger partial charge is 0.306 e. The Morgan fingerprint density at radius 3 is 2.39 bits per heavy atom. The van der Waals surface area contributed by atoms with E-state index < -0.39 is 56.9 Å². The van der Waals surface area contributed by atoms with E-state index in [2.05, 4.69) is 0 Å². The first kappa shape index (κ1) is 21.6. The van der Waals surface area contributed by atoms with Gasteiger partial charge in [-0.2, -0.15) is 17.5 Å². The molecule has 10 nitrogen and oxygen atoms in total. The van der Waals surface area contributed by atoms with Gasteiger partial charge in [0.2, 0.25) is 10.0 Å². The third-order valence-corrected chi connectivity index (χ3v) is 8.06. The Morgan fingerprint density at radius 2 is 1.76 bits per heavy atom. The first-order valence-corrected chi connectivity index (χ1v) is 11.4. The highest BCUT2D eigenvalue weighted by atomic mass is 32.2. The number of nitrogens with zero attached hydrogens (tertiary/aromatic N) is 4. The molecular formula is C19H15F3N4O6S. The number of carbonyl (C=O) groups excluding carboxylic acids is 2. The molecule has 0 aromatic heterocycles. The predicted molar refractivity (Wildman–Crippen MR) is 108 cm³/mol. The molecule has 0 N–H and O–H groups in total. The fraction of sp³-hybridized carbons (Fsp3) is 0.368. The largest absolute Gasteiger partial charge is 0.404 e. The number of hydrogen-bond acceptors (Lipinski definition) is 6. The molecule has 2 aromatic carbocycles. The Morgan fingerprint density at radius 1 is 1.09 bits per heavy atom. The number of hydrogen-bond donors (Lipinski definition) is 0. The molecule has 174 valence electrons. The number of carbonyl (C=O) groups is 2. The van der Waals surface area contributed by atoms with Crippen LogP contribution in [0.5, 0.6) is 0 Å². The van der Waals surface area contributed by atoms with Crippen molar-refractivity contribution in [3.05, 3.63) is 46.5 Å². The molecule has 0 saturated carbocycles. The van der Waals surface area contributed by atoms with E-state index in [4.69, 9.17) is 0 Å². The van der Waals surface area contributed by atoms with E-state index >= 15 is 0 Å². The molecule has 5 rings (SSSR count). The molecule has 14 heteroatoms. The van der Waals surface area contributed by atoms with Crippen molar-refractivity contribution in [2.75, 3.05) is 17.2 Å². The van der Waals surface area contributed by atoms with Gasteiger partial charge in [-0.3, -0.25) is 14.9 Å². The van der Waals surface area contributed by atoms with Crippen LogP contribution in [0, 0.1) is 10.1 Å². The molecule has 0 aliphatic carbocycles. The van der Waals surface area contributed by atoms with Crippen LogP contribution in [0.1, 0.15) is 6.42 Å². The van der Waals surface area contributed by atoms with Gasteiger partial charge in [0.1, 0.15) is 6.04 Å². The summed E-state index contributed by atoms with van der Waals surface area (Å²) in [5, 5.41) is 11.8. The van der Waals surface area contributed by atoms with Crippen LogP contribution in [0.25, 0.3) is 10.8 Å². The van der Waals surface area contributed by atoms with Crippen LogP contribution in [0.2, 0.25) is 0 Å². The molecule has 3 unspecified atom stereocenters. The maximum atomic E-state index is 13.3. The van der Waals surface area contributed by atoms with Crippen LogP contribution in [0.4, 0.5) is 29.3 Å². The fourth-order valence-corrected chi connectivity index (χ4v) is 6.66. The molecule has 0 radical (unpaired) electrons. The maximum absolute atomic E-state index is 13.3. The zero-order valence-corrected chi connectivity index (χ0v) is 17.4. The highest BCUT2D eigenvalue weighted by molar-refractivity contribution is 7.89. The number of alkyl halides is 3. The molecule has 3 aliphatic heterocycles. The van der Waals surface area contributed by atoms with E-state index in [1.807, 2.05) is 0 Å². The van der Waals surface area contributed by atoms with Crippen LogP contribution in [0.3, 0.4) is 0 Å². The van der Waals surface area contributed by atoms with Gasteiger partial charge in [-0.05, 0) is 18.6 Å². The Labute approximate surface area is 184 Å². The van der Waals surface area contributed by atoms with Crippen molar-refractivity contribution in [1.82, 2.24) is 9.21 Å². The van der Waals surface area contributed by atoms with Gasteiger partial charge in [-0.25, -0.2) is 18.1 Å². The summed E-state index contributed by atoms with van der Waals surface area (Å²) in [6.45, 7) is -0.326. The number of anilines is 1. The molecule has 2 bridgehead atoms. The Kier molecular flexibility index (Phi) is 4.49. The summed E-state index contributed by atoms with van der Waals surface area (Å²) in [5.41, 5.74) is -0.136. The molecule has 3 amide bonds. The van der Waals surface area contributed by atoms with Crippen molar-refractivity contribution in [3.8, 4) is 0 Å². The third kappa shape index (κ3) is 3.15. The average Bonchev–Trinajstić information content (AvgIpc) is 3.37. The molecule has 3 heterocycles. The van der Waals surface area contributed by atoms with Crippen molar-refractivity contribution in [1.29, 1.82) is 0 Å². The highest BCUT2D eigenvalue weighted by Crippen LogP contribution is 2.45. The first-order chi connectivity index (χ1) is 15.4. The number of amides is 3. The minimum Gasteiger partial charge on any atom is -0.306 e. The van der Waals surface area contributed by atoms with Gasteiger partial charge in [0.25, 0.3) is 11.6 Å². The first-order valence-electron chi connectivity index (χ1n) is 9.79. The zero-order chi connectivity index (χ0) is 23.9. The number of fused-ring (bicyclic) bond motifs is 6. The zero-order valence-electron chi connectivity index (χ0n) is 16.6. The van der Waals surface area contributed by atoms with E-state index in [1.165, 1.54) is 23.1 Å². The monoisotopic (exact) mass is 484 g/mol. The number of non-ortho nitro benzene ring substituents is 1. The van der Waals surface area contributed by atoms with Gasteiger partial charge in [0.05, 0.1) is 22.0 Å². The van der Waals surface area contributed by atoms with Crippen LogP contribution >= 0.6 is 0 Å². The van der Waals surface area contributed by atoms with Crippen molar-refractivity contribution in [2.24, 2.45) is 0 Å². The quantitative estimate of drug-likeness (QED) is 0.373. The number of nitro groups is 1. The lowest BCUT2D eigenvalue weighted by molar-refractivity contribution is -0.383. The van der Waals surface area contributed by atoms with E-state index in [9.17, 15) is 41.3 Å². The lowest BCUT2D eigenvalue weighted by atomic mass is 10.1. The summed E-state index contributed by atoms with van der Waals surface area (Å²) in [7, 11) is -4.74. The number of piperazine rings is 1. The van der Waals surface area contributed by atoms with Crippen molar-refractivity contribution >= 4 is 44.1 Å². The second-order valence-electron chi connectivity index (χ2n) is 8.11. The molecule has 33 heavy (non-hydrogen) atoms.